The number of amides is 1. The Hall–Kier alpha value is -3.03. The van der Waals surface area contributed by atoms with E-state index in [4.69, 9.17) is 10.5 Å². The maximum atomic E-state index is 12.0. The van der Waals surface area contributed by atoms with Gasteiger partial charge in [0.2, 0.25) is 0 Å². The molecule has 1 heterocycles. The smallest absolute Gasteiger partial charge is 0.269 e. The average molecular weight is 288 g/mol. The van der Waals surface area contributed by atoms with Crippen molar-refractivity contribution in [1.82, 2.24) is 15.4 Å². The van der Waals surface area contributed by atoms with Crippen LogP contribution in [0.2, 0.25) is 0 Å². The second kappa shape index (κ2) is 6.42. The second-order valence-electron chi connectivity index (χ2n) is 4.04. The van der Waals surface area contributed by atoms with Crippen molar-refractivity contribution in [1.29, 1.82) is 0 Å². The van der Waals surface area contributed by atoms with E-state index in [1.165, 1.54) is 6.33 Å². The molecule has 8 nitrogen and oxygen atoms in total. The molecule has 21 heavy (non-hydrogen) atoms. The third-order valence-corrected chi connectivity index (χ3v) is 2.77. The molecule has 1 amide bonds. The van der Waals surface area contributed by atoms with Crippen molar-refractivity contribution in [2.24, 2.45) is 0 Å². The lowest BCUT2D eigenvalue weighted by atomic mass is 10.2. The van der Waals surface area contributed by atoms with Gasteiger partial charge >= 0.3 is 0 Å². The summed E-state index contributed by atoms with van der Waals surface area (Å²) in [5.74, 6) is 1.15. The summed E-state index contributed by atoms with van der Waals surface area (Å²) in [5.41, 5.74) is 11.8. The zero-order valence-corrected chi connectivity index (χ0v) is 11.7. The van der Waals surface area contributed by atoms with E-state index in [2.05, 4.69) is 26.1 Å². The minimum Gasteiger partial charge on any atom is -0.497 e. The molecule has 0 fully saturated rings. The largest absolute Gasteiger partial charge is 0.497 e. The predicted octanol–water partition coefficient (Wildman–Crippen LogP) is 0.866. The maximum absolute atomic E-state index is 12.0. The van der Waals surface area contributed by atoms with Crippen LogP contribution in [0.1, 0.15) is 10.4 Å². The third-order valence-electron chi connectivity index (χ3n) is 2.77. The van der Waals surface area contributed by atoms with Crippen molar-refractivity contribution < 1.29 is 9.53 Å². The number of nitrogens with zero attached hydrogens (tertiary/aromatic N) is 2. The van der Waals surface area contributed by atoms with Gasteiger partial charge in [0, 0.05) is 12.6 Å². The molecule has 0 saturated heterocycles. The summed E-state index contributed by atoms with van der Waals surface area (Å²) in [5, 5.41) is 2.82. The molecule has 0 radical (unpaired) electrons. The van der Waals surface area contributed by atoms with Crippen LogP contribution in [0.15, 0.2) is 30.6 Å². The molecule has 0 unspecified atom stereocenters. The predicted molar refractivity (Wildman–Crippen MR) is 80.1 cm³/mol. The number of hydrogen-bond donors (Lipinski definition) is 4. The Kier molecular flexibility index (Phi) is 4.39. The highest BCUT2D eigenvalue weighted by molar-refractivity contribution is 5.95. The van der Waals surface area contributed by atoms with Crippen molar-refractivity contribution in [3.05, 3.63) is 36.2 Å². The van der Waals surface area contributed by atoms with E-state index < -0.39 is 0 Å². The fourth-order valence-electron chi connectivity index (χ4n) is 1.62. The maximum Gasteiger partial charge on any atom is 0.269 e. The molecular weight excluding hydrogens is 272 g/mol. The number of hydrazine groups is 1. The zero-order valence-electron chi connectivity index (χ0n) is 11.7. The number of anilines is 3. The number of ether oxygens (including phenoxy) is 1. The van der Waals surface area contributed by atoms with Crippen molar-refractivity contribution >= 4 is 23.2 Å². The molecule has 0 atom stereocenters. The zero-order chi connectivity index (χ0) is 15.2. The van der Waals surface area contributed by atoms with Gasteiger partial charge in [-0.25, -0.2) is 9.97 Å². The lowest BCUT2D eigenvalue weighted by Crippen LogP contribution is -2.30. The Balaban J connectivity index is 2.03. The van der Waals surface area contributed by atoms with E-state index in [1.807, 2.05) is 0 Å². The molecule has 110 valence electrons. The van der Waals surface area contributed by atoms with Gasteiger partial charge < -0.3 is 15.8 Å². The van der Waals surface area contributed by atoms with Gasteiger partial charge in [-0.2, -0.15) is 0 Å². The Morgan fingerprint density at radius 1 is 1.19 bits per heavy atom. The quantitative estimate of drug-likeness (QED) is 0.603. The van der Waals surface area contributed by atoms with Crippen molar-refractivity contribution in [2.45, 2.75) is 0 Å². The van der Waals surface area contributed by atoms with Crippen LogP contribution in [0.5, 0.6) is 5.75 Å². The summed E-state index contributed by atoms with van der Waals surface area (Å²) < 4.78 is 5.03. The summed E-state index contributed by atoms with van der Waals surface area (Å²) in [7, 11) is 3.26. The first-order valence-electron chi connectivity index (χ1n) is 6.14. The molecule has 0 spiro atoms. The lowest BCUT2D eigenvalue weighted by Gasteiger charge is -2.11. The highest BCUT2D eigenvalue weighted by Crippen LogP contribution is 2.20. The number of benzene rings is 1. The highest BCUT2D eigenvalue weighted by Gasteiger charge is 2.09. The van der Waals surface area contributed by atoms with Crippen LogP contribution in [-0.4, -0.2) is 30.0 Å². The molecule has 1 aromatic carbocycles. The Morgan fingerprint density at radius 2 is 1.86 bits per heavy atom. The second-order valence-corrected chi connectivity index (χ2v) is 4.04. The number of methoxy groups -OCH3 is 1. The number of aromatic nitrogens is 2. The summed E-state index contributed by atoms with van der Waals surface area (Å²) >= 11 is 0. The minimum atomic E-state index is -0.318. The molecule has 1 aromatic heterocycles. The SMILES string of the molecule is CNc1ncnc(NNC(=O)c2ccc(OC)cc2)c1N. The van der Waals surface area contributed by atoms with Gasteiger partial charge in [-0.05, 0) is 24.3 Å². The van der Waals surface area contributed by atoms with E-state index >= 15 is 0 Å². The minimum absolute atomic E-state index is 0.315. The van der Waals surface area contributed by atoms with Gasteiger partial charge in [-0.3, -0.25) is 15.6 Å². The fraction of sp³-hybridized carbons (Fsp3) is 0.154. The summed E-state index contributed by atoms with van der Waals surface area (Å²) in [6.45, 7) is 0. The summed E-state index contributed by atoms with van der Waals surface area (Å²) in [4.78, 5) is 19.9. The van der Waals surface area contributed by atoms with Gasteiger partial charge in [0.1, 0.15) is 17.8 Å². The fourth-order valence-corrected chi connectivity index (χ4v) is 1.62. The number of carbonyl (C=O) groups excluding carboxylic acids is 1. The number of nitrogens with two attached hydrogens (primary N) is 1. The van der Waals surface area contributed by atoms with Crippen LogP contribution in [0.3, 0.4) is 0 Å². The molecular formula is C13H16N6O2. The normalized spacial score (nSPS) is 9.81. The van der Waals surface area contributed by atoms with Gasteiger partial charge in [-0.15, -0.1) is 0 Å². The van der Waals surface area contributed by atoms with Crippen LogP contribution >= 0.6 is 0 Å². The van der Waals surface area contributed by atoms with Gasteiger partial charge in [0.15, 0.2) is 11.6 Å². The van der Waals surface area contributed by atoms with Gasteiger partial charge in [-0.1, -0.05) is 0 Å². The Bertz CT molecular complexity index is 629. The molecule has 0 aliphatic rings. The topological polar surface area (TPSA) is 114 Å². The van der Waals surface area contributed by atoms with Crippen LogP contribution in [0.4, 0.5) is 17.3 Å². The summed E-state index contributed by atoms with van der Waals surface area (Å²) in [6.07, 6.45) is 1.34. The van der Waals surface area contributed by atoms with Crippen molar-refractivity contribution in [3.8, 4) is 5.75 Å². The molecule has 2 aromatic rings. The van der Waals surface area contributed by atoms with Crippen LogP contribution in [-0.2, 0) is 0 Å². The monoisotopic (exact) mass is 288 g/mol. The standard InChI is InChI=1S/C13H16N6O2/c1-15-11-10(14)12(17-7-16-11)18-19-13(20)8-3-5-9(21-2)6-4-8/h3-7H,14H2,1-2H3,(H,19,20)(H2,15,16,17,18). The van der Waals surface area contributed by atoms with Gasteiger partial charge in [0.25, 0.3) is 5.91 Å². The average Bonchev–Trinajstić information content (AvgIpc) is 2.53. The summed E-state index contributed by atoms with van der Waals surface area (Å²) in [6, 6.07) is 6.70. The van der Waals surface area contributed by atoms with Crippen molar-refractivity contribution in [3.63, 3.8) is 0 Å². The van der Waals surface area contributed by atoms with Gasteiger partial charge in [0.05, 0.1) is 7.11 Å². The van der Waals surface area contributed by atoms with Crippen LogP contribution in [0, 0.1) is 0 Å². The lowest BCUT2D eigenvalue weighted by molar-refractivity contribution is 0.0962. The number of rotatable bonds is 5. The van der Waals surface area contributed by atoms with E-state index in [0.717, 1.165) is 0 Å². The van der Waals surface area contributed by atoms with Crippen molar-refractivity contribution in [2.75, 3.05) is 30.6 Å². The Labute approximate surface area is 121 Å². The third kappa shape index (κ3) is 3.30. The van der Waals surface area contributed by atoms with Crippen LogP contribution < -0.4 is 26.6 Å². The van der Waals surface area contributed by atoms with Crippen LogP contribution in [0.25, 0.3) is 0 Å². The molecule has 2 rings (SSSR count). The van der Waals surface area contributed by atoms with E-state index in [0.29, 0.717) is 28.6 Å². The number of carbonyl (C=O) groups is 1. The highest BCUT2D eigenvalue weighted by atomic mass is 16.5. The molecule has 0 aliphatic heterocycles. The van der Waals surface area contributed by atoms with E-state index in [1.54, 1.807) is 38.4 Å². The first kappa shape index (κ1) is 14.4. The number of nitrogen functional groups attached to an aromatic ring is 1. The first-order valence-corrected chi connectivity index (χ1v) is 6.14. The number of hydrogen-bond acceptors (Lipinski definition) is 7. The molecule has 0 aliphatic carbocycles. The molecule has 5 N–H and O–H groups in total. The molecule has 0 saturated carbocycles. The molecule has 8 heteroatoms. The molecule has 0 bridgehead atoms. The first-order chi connectivity index (χ1) is 10.2. The van der Waals surface area contributed by atoms with E-state index in [9.17, 15) is 4.79 Å². The number of nitrogens with one attached hydrogen (secondary N) is 3. The van der Waals surface area contributed by atoms with E-state index in [-0.39, 0.29) is 5.91 Å². The Morgan fingerprint density at radius 3 is 2.48 bits per heavy atom.